The van der Waals surface area contributed by atoms with Crippen LogP contribution in [0, 0.1) is 0 Å². The number of anilines is 2. The Balaban J connectivity index is 1.69. The Morgan fingerprint density at radius 3 is 2.34 bits per heavy atom. The number of hydrogen-bond acceptors (Lipinski definition) is 1. The van der Waals surface area contributed by atoms with Crippen LogP contribution in [0.15, 0.2) is 97.6 Å². The lowest BCUT2D eigenvalue weighted by molar-refractivity contribution is 0.660. The van der Waals surface area contributed by atoms with Crippen LogP contribution in [0.3, 0.4) is 0 Å². The highest BCUT2D eigenvalue weighted by Crippen LogP contribution is 2.51. The van der Waals surface area contributed by atoms with E-state index in [1.165, 1.54) is 33.4 Å². The number of benzene rings is 3. The Morgan fingerprint density at radius 2 is 1.62 bits per heavy atom. The number of fused-ring (bicyclic) bond motifs is 3. The molecule has 0 atom stereocenters. The first-order valence-corrected chi connectivity index (χ1v) is 10.1. The molecule has 4 rings (SSSR count). The summed E-state index contributed by atoms with van der Waals surface area (Å²) in [7, 11) is 0. The first-order chi connectivity index (χ1) is 14.1. The SMILES string of the molecule is C=C/C=C\C(=C/C)c1ccc(Nc2cccc3c2-c2ccccc2C3(C)C)cc1. The smallest absolute Gasteiger partial charge is 0.0467 e. The van der Waals surface area contributed by atoms with Crippen molar-refractivity contribution in [2.24, 2.45) is 0 Å². The molecular weight excluding hydrogens is 350 g/mol. The van der Waals surface area contributed by atoms with Crippen LogP contribution >= 0.6 is 0 Å². The van der Waals surface area contributed by atoms with Crippen molar-refractivity contribution in [1.82, 2.24) is 0 Å². The highest BCUT2D eigenvalue weighted by Gasteiger charge is 2.36. The van der Waals surface area contributed by atoms with Crippen molar-refractivity contribution in [3.05, 3.63) is 114 Å². The van der Waals surface area contributed by atoms with Crippen molar-refractivity contribution in [3.8, 4) is 11.1 Å². The molecule has 1 aliphatic carbocycles. The third-order valence-electron chi connectivity index (χ3n) is 5.83. The fourth-order valence-electron chi connectivity index (χ4n) is 4.29. The van der Waals surface area contributed by atoms with Crippen LogP contribution < -0.4 is 5.32 Å². The quantitative estimate of drug-likeness (QED) is 0.446. The number of hydrogen-bond donors (Lipinski definition) is 1. The maximum absolute atomic E-state index is 3.75. The Kier molecular flexibility index (Phi) is 4.98. The molecule has 1 N–H and O–H groups in total. The van der Waals surface area contributed by atoms with Gasteiger partial charge in [0.05, 0.1) is 0 Å². The summed E-state index contributed by atoms with van der Waals surface area (Å²) in [5.41, 5.74) is 10.1. The van der Waals surface area contributed by atoms with E-state index in [0.717, 1.165) is 11.4 Å². The Hall–Kier alpha value is -3.32. The van der Waals surface area contributed by atoms with Crippen LogP contribution in [-0.2, 0) is 5.41 Å². The van der Waals surface area contributed by atoms with E-state index in [0.29, 0.717) is 0 Å². The van der Waals surface area contributed by atoms with Crippen molar-refractivity contribution in [1.29, 1.82) is 0 Å². The summed E-state index contributed by atoms with van der Waals surface area (Å²) in [4.78, 5) is 0. The maximum Gasteiger partial charge on any atom is 0.0467 e. The van der Waals surface area contributed by atoms with Gasteiger partial charge in [0.15, 0.2) is 0 Å². The summed E-state index contributed by atoms with van der Waals surface area (Å²) >= 11 is 0. The van der Waals surface area contributed by atoms with Crippen LogP contribution in [0.1, 0.15) is 37.5 Å². The van der Waals surface area contributed by atoms with Gasteiger partial charge < -0.3 is 5.32 Å². The normalized spacial score (nSPS) is 14.5. The molecule has 0 fully saturated rings. The van der Waals surface area contributed by atoms with Crippen LogP contribution in [0.4, 0.5) is 11.4 Å². The molecule has 0 bridgehead atoms. The fraction of sp³-hybridized carbons (Fsp3) is 0.143. The van der Waals surface area contributed by atoms with Gasteiger partial charge in [0.2, 0.25) is 0 Å². The number of rotatable bonds is 5. The maximum atomic E-state index is 3.75. The van der Waals surface area contributed by atoms with Crippen molar-refractivity contribution in [2.45, 2.75) is 26.2 Å². The zero-order valence-corrected chi connectivity index (χ0v) is 17.4. The Bertz CT molecular complexity index is 1110. The highest BCUT2D eigenvalue weighted by molar-refractivity contribution is 5.91. The van der Waals surface area contributed by atoms with Crippen molar-refractivity contribution < 1.29 is 0 Å². The highest BCUT2D eigenvalue weighted by atomic mass is 14.9. The van der Waals surface area contributed by atoms with Gasteiger partial charge in [-0.2, -0.15) is 0 Å². The van der Waals surface area contributed by atoms with Crippen LogP contribution in [0.2, 0.25) is 0 Å². The molecule has 29 heavy (non-hydrogen) atoms. The lowest BCUT2D eigenvalue weighted by atomic mass is 9.82. The third-order valence-corrected chi connectivity index (χ3v) is 5.83. The lowest BCUT2D eigenvalue weighted by Gasteiger charge is -2.21. The summed E-state index contributed by atoms with van der Waals surface area (Å²) in [6.07, 6.45) is 7.97. The lowest BCUT2D eigenvalue weighted by Crippen LogP contribution is -2.14. The molecule has 0 aromatic heterocycles. The molecule has 1 aliphatic rings. The molecule has 3 aromatic carbocycles. The van der Waals surface area contributed by atoms with Gasteiger partial charge in [-0.05, 0) is 52.9 Å². The van der Waals surface area contributed by atoms with Gasteiger partial charge in [-0.1, -0.05) is 93.3 Å². The van der Waals surface area contributed by atoms with E-state index in [9.17, 15) is 0 Å². The van der Waals surface area contributed by atoms with E-state index in [2.05, 4.69) is 112 Å². The van der Waals surface area contributed by atoms with Crippen LogP contribution in [0.25, 0.3) is 16.7 Å². The molecule has 1 nitrogen and oxygen atoms in total. The van der Waals surface area contributed by atoms with Crippen LogP contribution in [0.5, 0.6) is 0 Å². The van der Waals surface area contributed by atoms with Gasteiger partial charge in [-0.3, -0.25) is 0 Å². The zero-order valence-electron chi connectivity index (χ0n) is 17.4. The molecule has 0 unspecified atom stereocenters. The summed E-state index contributed by atoms with van der Waals surface area (Å²) < 4.78 is 0. The molecule has 0 amide bonds. The molecule has 0 spiro atoms. The molecule has 0 aliphatic heterocycles. The molecular formula is C28H27N. The molecule has 1 heteroatoms. The van der Waals surface area contributed by atoms with Gasteiger partial charge >= 0.3 is 0 Å². The monoisotopic (exact) mass is 377 g/mol. The van der Waals surface area contributed by atoms with Crippen molar-refractivity contribution >= 4 is 16.9 Å². The molecule has 3 aromatic rings. The fourth-order valence-corrected chi connectivity index (χ4v) is 4.29. The summed E-state index contributed by atoms with van der Waals surface area (Å²) in [5.74, 6) is 0. The van der Waals surface area contributed by atoms with Gasteiger partial charge in [0, 0.05) is 22.4 Å². The average molecular weight is 378 g/mol. The minimum atomic E-state index is 0.0196. The van der Waals surface area contributed by atoms with E-state index in [4.69, 9.17) is 0 Å². The second-order valence-corrected chi connectivity index (χ2v) is 7.94. The van der Waals surface area contributed by atoms with Gasteiger partial charge in [-0.15, -0.1) is 0 Å². The Labute approximate surface area is 174 Å². The standard InChI is InChI=1S/C28H27N/c1-5-7-11-20(6-2)21-16-18-22(19-17-21)29-26-15-10-14-25-27(26)23-12-8-9-13-24(23)28(25,3)4/h5-19,29H,1H2,2-4H3/b11-7-,20-6+. The van der Waals surface area contributed by atoms with E-state index in [1.54, 1.807) is 6.08 Å². The first-order valence-electron chi connectivity index (χ1n) is 10.1. The average Bonchev–Trinajstić information content (AvgIpc) is 2.98. The van der Waals surface area contributed by atoms with Gasteiger partial charge in [0.25, 0.3) is 0 Å². The minimum Gasteiger partial charge on any atom is -0.355 e. The van der Waals surface area contributed by atoms with Crippen molar-refractivity contribution in [3.63, 3.8) is 0 Å². The topological polar surface area (TPSA) is 12.0 Å². The zero-order chi connectivity index (χ0) is 20.4. The van der Waals surface area contributed by atoms with Crippen LogP contribution in [-0.4, -0.2) is 0 Å². The van der Waals surface area contributed by atoms with E-state index < -0.39 is 0 Å². The predicted octanol–water partition coefficient (Wildman–Crippen LogP) is 7.88. The molecule has 0 heterocycles. The summed E-state index contributed by atoms with van der Waals surface area (Å²) in [6, 6.07) is 24.0. The van der Waals surface area contributed by atoms with E-state index in [-0.39, 0.29) is 5.41 Å². The van der Waals surface area contributed by atoms with Crippen molar-refractivity contribution in [2.75, 3.05) is 5.32 Å². The predicted molar refractivity (Wildman–Crippen MR) is 127 cm³/mol. The Morgan fingerprint density at radius 1 is 0.897 bits per heavy atom. The second kappa shape index (κ2) is 7.60. The molecule has 0 saturated carbocycles. The van der Waals surface area contributed by atoms with Gasteiger partial charge in [0.1, 0.15) is 0 Å². The summed E-state index contributed by atoms with van der Waals surface area (Å²) in [6.45, 7) is 10.4. The summed E-state index contributed by atoms with van der Waals surface area (Å²) in [5, 5.41) is 3.66. The largest absolute Gasteiger partial charge is 0.355 e. The minimum absolute atomic E-state index is 0.0196. The third kappa shape index (κ3) is 3.34. The second-order valence-electron chi connectivity index (χ2n) is 7.94. The van der Waals surface area contributed by atoms with E-state index in [1.807, 2.05) is 6.08 Å². The van der Waals surface area contributed by atoms with Gasteiger partial charge in [-0.25, -0.2) is 0 Å². The molecule has 0 saturated heterocycles. The number of nitrogens with one attached hydrogen (secondary N) is 1. The molecule has 144 valence electrons. The first kappa shape index (κ1) is 19.0. The van der Waals surface area contributed by atoms with E-state index >= 15 is 0 Å². The number of allylic oxidation sites excluding steroid dienone is 5. The molecule has 0 radical (unpaired) electrons.